The van der Waals surface area contributed by atoms with Gasteiger partial charge in [0.15, 0.2) is 0 Å². The third-order valence-electron chi connectivity index (χ3n) is 6.62. The summed E-state index contributed by atoms with van der Waals surface area (Å²) in [5.74, 6) is 5.71. The second-order valence-corrected chi connectivity index (χ2v) is 13.5. The van der Waals surface area contributed by atoms with Crippen LogP contribution in [0.2, 0.25) is 18.6 Å². The Morgan fingerprint density at radius 3 is 2.16 bits per heavy atom. The van der Waals surface area contributed by atoms with E-state index in [1.165, 1.54) is 77.0 Å². The van der Waals surface area contributed by atoms with E-state index in [1.54, 1.807) is 0 Å². The number of hydrogen-bond donors (Lipinski definition) is 0. The van der Waals surface area contributed by atoms with E-state index in [-0.39, 0.29) is 0 Å². The molecule has 144 valence electrons. The third kappa shape index (κ3) is 7.47. The van der Waals surface area contributed by atoms with Gasteiger partial charge in [0, 0.05) is 19.6 Å². The molecular weight excluding hydrogens is 320 g/mol. The first-order valence-corrected chi connectivity index (χ1v) is 14.3. The Morgan fingerprint density at radius 2 is 1.56 bits per heavy atom. The predicted molar refractivity (Wildman–Crippen MR) is 113 cm³/mol. The molecule has 2 saturated carbocycles. The largest absolute Gasteiger partial charge is 0.382 e. The van der Waals surface area contributed by atoms with Crippen LogP contribution in [0.25, 0.3) is 0 Å². The average Bonchev–Trinajstić information content (AvgIpc) is 3.22. The van der Waals surface area contributed by atoms with Crippen LogP contribution in [0.3, 0.4) is 0 Å². The third-order valence-corrected chi connectivity index (χ3v) is 10.0. The minimum Gasteiger partial charge on any atom is -0.382 e. The Kier molecular flexibility index (Phi) is 9.64. The zero-order valence-electron chi connectivity index (χ0n) is 17.2. The topological polar surface area (TPSA) is 9.23 Å². The fourth-order valence-corrected chi connectivity index (χ4v) is 8.30. The molecule has 0 aromatic carbocycles. The minimum absolute atomic E-state index is 0.865. The van der Waals surface area contributed by atoms with Gasteiger partial charge in [-0.15, -0.1) is 11.5 Å². The lowest BCUT2D eigenvalue weighted by Gasteiger charge is -2.31. The highest BCUT2D eigenvalue weighted by atomic mass is 28.3. The van der Waals surface area contributed by atoms with E-state index in [0.29, 0.717) is 0 Å². The summed E-state index contributed by atoms with van der Waals surface area (Å²) in [5.41, 5.74) is 4.81. The maximum Gasteiger partial charge on any atom is 0.135 e. The molecule has 2 aliphatic carbocycles. The van der Waals surface area contributed by atoms with E-state index in [4.69, 9.17) is 4.74 Å². The zero-order chi connectivity index (χ0) is 18.0. The number of rotatable bonds is 12. The first-order chi connectivity index (χ1) is 12.1. The summed E-state index contributed by atoms with van der Waals surface area (Å²) < 4.78 is 5.38. The van der Waals surface area contributed by atoms with Crippen molar-refractivity contribution in [2.75, 3.05) is 13.2 Å². The van der Waals surface area contributed by atoms with Crippen LogP contribution in [-0.2, 0) is 4.74 Å². The molecule has 3 unspecified atom stereocenters. The van der Waals surface area contributed by atoms with Crippen LogP contribution in [0.1, 0.15) is 90.4 Å². The molecule has 2 aliphatic rings. The highest BCUT2D eigenvalue weighted by molar-refractivity contribution is 6.86. The van der Waals surface area contributed by atoms with Crippen LogP contribution >= 0.6 is 0 Å². The summed E-state index contributed by atoms with van der Waals surface area (Å²) in [4.78, 5) is 0. The van der Waals surface area contributed by atoms with Gasteiger partial charge in [0.1, 0.15) is 8.07 Å². The number of unbranched alkanes of at least 4 members (excludes halogenated alkanes) is 8. The van der Waals surface area contributed by atoms with Gasteiger partial charge in [0.25, 0.3) is 0 Å². The van der Waals surface area contributed by atoms with Gasteiger partial charge in [-0.1, -0.05) is 64.5 Å². The van der Waals surface area contributed by atoms with Crippen molar-refractivity contribution in [2.45, 2.75) is 109 Å². The monoisotopic (exact) mass is 362 g/mol. The van der Waals surface area contributed by atoms with E-state index >= 15 is 0 Å². The van der Waals surface area contributed by atoms with Crippen LogP contribution in [0, 0.1) is 23.3 Å². The van der Waals surface area contributed by atoms with Crippen LogP contribution in [0.5, 0.6) is 0 Å². The summed E-state index contributed by atoms with van der Waals surface area (Å²) in [7, 11) is -1.30. The molecule has 1 nitrogen and oxygen atoms in total. The van der Waals surface area contributed by atoms with Crippen molar-refractivity contribution in [1.82, 2.24) is 0 Å². The Labute approximate surface area is 158 Å². The van der Waals surface area contributed by atoms with Crippen LogP contribution in [0.4, 0.5) is 0 Å². The van der Waals surface area contributed by atoms with Crippen molar-refractivity contribution in [3.63, 3.8) is 0 Å². The summed E-state index contributed by atoms with van der Waals surface area (Å²) in [5, 5.41) is 0. The standard InChI is InChI=1S/C23H42OSi/c1-4-24-17-13-11-9-7-5-6-8-10-12-14-18-25(2,3)23-20-21-15-16-22(23)19-21/h21-23H,4-13,15-17,19-20H2,1-3H3. The second-order valence-electron chi connectivity index (χ2n) is 9.08. The van der Waals surface area contributed by atoms with Gasteiger partial charge in [-0.05, 0) is 50.0 Å². The van der Waals surface area contributed by atoms with Gasteiger partial charge in [0.05, 0.1) is 0 Å². The van der Waals surface area contributed by atoms with Gasteiger partial charge in [-0.25, -0.2) is 0 Å². The molecule has 0 aromatic heterocycles. The molecule has 0 amide bonds. The van der Waals surface area contributed by atoms with E-state index in [2.05, 4.69) is 31.5 Å². The summed E-state index contributed by atoms with van der Waals surface area (Å²) in [6, 6.07) is 0. The maximum absolute atomic E-state index is 5.38. The normalized spacial score (nSPS) is 25.2. The molecule has 0 N–H and O–H groups in total. The highest BCUT2D eigenvalue weighted by Crippen LogP contribution is 2.55. The van der Waals surface area contributed by atoms with Crippen molar-refractivity contribution in [3.8, 4) is 11.5 Å². The molecule has 0 heterocycles. The molecule has 2 rings (SSSR count). The van der Waals surface area contributed by atoms with Gasteiger partial charge in [-0.3, -0.25) is 0 Å². The molecule has 2 heteroatoms. The molecule has 0 aliphatic heterocycles. The van der Waals surface area contributed by atoms with E-state index < -0.39 is 8.07 Å². The summed E-state index contributed by atoms with van der Waals surface area (Å²) in [6.07, 6.45) is 18.1. The maximum atomic E-state index is 5.38. The van der Waals surface area contributed by atoms with Crippen molar-refractivity contribution < 1.29 is 4.74 Å². The van der Waals surface area contributed by atoms with E-state index in [0.717, 1.165) is 37.0 Å². The smallest absolute Gasteiger partial charge is 0.135 e. The predicted octanol–water partition coefficient (Wildman–Crippen LogP) is 6.98. The Bertz CT molecular complexity index is 420. The Morgan fingerprint density at radius 1 is 0.880 bits per heavy atom. The zero-order valence-corrected chi connectivity index (χ0v) is 18.2. The lowest BCUT2D eigenvalue weighted by Crippen LogP contribution is -2.34. The number of fused-ring (bicyclic) bond motifs is 2. The van der Waals surface area contributed by atoms with Crippen LogP contribution < -0.4 is 0 Å². The fraction of sp³-hybridized carbons (Fsp3) is 0.913. The van der Waals surface area contributed by atoms with Gasteiger partial charge < -0.3 is 4.74 Å². The van der Waals surface area contributed by atoms with Gasteiger partial charge >= 0.3 is 0 Å². The van der Waals surface area contributed by atoms with E-state index in [1.807, 2.05) is 0 Å². The first-order valence-electron chi connectivity index (χ1n) is 11.2. The van der Waals surface area contributed by atoms with Crippen molar-refractivity contribution >= 4 is 8.07 Å². The van der Waals surface area contributed by atoms with Crippen molar-refractivity contribution in [3.05, 3.63) is 0 Å². The Balaban J connectivity index is 1.45. The van der Waals surface area contributed by atoms with Gasteiger partial charge in [0.2, 0.25) is 0 Å². The number of ether oxygens (including phenoxy) is 1. The van der Waals surface area contributed by atoms with Crippen LogP contribution in [-0.4, -0.2) is 21.3 Å². The second kappa shape index (κ2) is 11.5. The first kappa shape index (κ1) is 21.0. The quantitative estimate of drug-likeness (QED) is 0.207. The number of hydrogen-bond acceptors (Lipinski definition) is 1. The van der Waals surface area contributed by atoms with Crippen LogP contribution in [0.15, 0.2) is 0 Å². The molecule has 3 atom stereocenters. The fourth-order valence-electron chi connectivity index (χ4n) is 5.13. The molecule has 2 fully saturated rings. The Hall–Kier alpha value is -0.263. The molecule has 2 bridgehead atoms. The van der Waals surface area contributed by atoms with Crippen molar-refractivity contribution in [1.29, 1.82) is 0 Å². The van der Waals surface area contributed by atoms with Gasteiger partial charge in [-0.2, -0.15) is 0 Å². The minimum atomic E-state index is -1.30. The molecule has 0 saturated heterocycles. The average molecular weight is 363 g/mol. The summed E-state index contributed by atoms with van der Waals surface area (Å²) in [6.45, 7) is 8.97. The molecular formula is C23H42OSi. The van der Waals surface area contributed by atoms with Crippen molar-refractivity contribution in [2.24, 2.45) is 11.8 Å². The molecule has 0 spiro atoms. The lowest BCUT2D eigenvalue weighted by molar-refractivity contribution is 0.143. The molecule has 25 heavy (non-hydrogen) atoms. The molecule has 0 radical (unpaired) electrons. The SMILES string of the molecule is CCOCCCCCCCCCCC#C[Si](C)(C)C1CC2CCC1C2. The highest BCUT2D eigenvalue weighted by Gasteiger charge is 2.46. The van der Waals surface area contributed by atoms with E-state index in [9.17, 15) is 0 Å². The summed E-state index contributed by atoms with van der Waals surface area (Å²) >= 11 is 0. The lowest BCUT2D eigenvalue weighted by atomic mass is 10.0. The molecule has 0 aromatic rings.